The number of nitrogens with zero attached hydrogens (tertiary/aromatic N) is 3. The zero-order valence-corrected chi connectivity index (χ0v) is 15.6. The Morgan fingerprint density at radius 3 is 2.64 bits per heavy atom. The highest BCUT2D eigenvalue weighted by Gasteiger charge is 2.40. The average molecular weight is 361 g/mol. The molecule has 0 radical (unpaired) electrons. The maximum absolute atomic E-state index is 14.2. The molecule has 2 aliphatic rings. The predicted molar refractivity (Wildman–Crippen MR) is 102 cm³/mol. The highest BCUT2D eigenvalue weighted by Crippen LogP contribution is 2.43. The monoisotopic (exact) mass is 361 g/mol. The Kier molecular flexibility index (Phi) is 4.50. The molecule has 2 aromatic rings. The SMILES string of the molecule is COc1cc2nccc(N3CCC4(CCN(SC)C4)CC3)c2cc1F. The second kappa shape index (κ2) is 6.65. The molecule has 0 N–H and O–H groups in total. The minimum absolute atomic E-state index is 0.248. The lowest BCUT2D eigenvalue weighted by atomic mass is 9.77. The molecular weight excluding hydrogens is 337 g/mol. The lowest BCUT2D eigenvalue weighted by molar-refractivity contribution is 0.237. The van der Waals surface area contributed by atoms with Crippen LogP contribution in [0.25, 0.3) is 10.9 Å². The first-order valence-corrected chi connectivity index (χ1v) is 9.99. The molecule has 2 saturated heterocycles. The smallest absolute Gasteiger partial charge is 0.165 e. The van der Waals surface area contributed by atoms with Gasteiger partial charge in [0, 0.05) is 49.5 Å². The van der Waals surface area contributed by atoms with Gasteiger partial charge in [-0.3, -0.25) is 9.29 Å². The van der Waals surface area contributed by atoms with E-state index in [1.165, 1.54) is 39.5 Å². The first kappa shape index (κ1) is 16.9. The number of benzene rings is 1. The molecule has 0 bridgehead atoms. The molecular formula is C19H24FN3OS. The van der Waals surface area contributed by atoms with Gasteiger partial charge in [-0.1, -0.05) is 11.9 Å². The lowest BCUT2D eigenvalue weighted by Crippen LogP contribution is -2.41. The van der Waals surface area contributed by atoms with Crippen LogP contribution in [0.5, 0.6) is 5.75 Å². The second-order valence-corrected chi connectivity index (χ2v) is 8.00. The molecule has 134 valence electrons. The molecule has 1 spiro atoms. The number of hydrogen-bond acceptors (Lipinski definition) is 5. The van der Waals surface area contributed by atoms with Gasteiger partial charge in [0.15, 0.2) is 11.6 Å². The fraction of sp³-hybridized carbons (Fsp3) is 0.526. The van der Waals surface area contributed by atoms with Gasteiger partial charge in [0.2, 0.25) is 0 Å². The van der Waals surface area contributed by atoms with E-state index in [4.69, 9.17) is 4.74 Å². The molecule has 0 unspecified atom stereocenters. The maximum atomic E-state index is 14.2. The van der Waals surface area contributed by atoms with Crippen LogP contribution < -0.4 is 9.64 Å². The number of rotatable bonds is 3. The third-order valence-electron chi connectivity index (χ3n) is 5.82. The molecule has 3 heterocycles. The van der Waals surface area contributed by atoms with Crippen molar-refractivity contribution in [2.24, 2.45) is 5.41 Å². The van der Waals surface area contributed by atoms with Crippen LogP contribution in [0.2, 0.25) is 0 Å². The molecule has 0 aliphatic carbocycles. The summed E-state index contributed by atoms with van der Waals surface area (Å²) in [7, 11) is 1.48. The van der Waals surface area contributed by atoms with Crippen molar-refractivity contribution in [3.63, 3.8) is 0 Å². The Morgan fingerprint density at radius 2 is 1.96 bits per heavy atom. The van der Waals surface area contributed by atoms with E-state index in [1.807, 2.05) is 24.2 Å². The van der Waals surface area contributed by atoms with Crippen LogP contribution in [0.3, 0.4) is 0 Å². The van der Waals surface area contributed by atoms with Crippen molar-refractivity contribution in [2.45, 2.75) is 19.3 Å². The zero-order chi connectivity index (χ0) is 17.4. The molecule has 4 rings (SSSR count). The van der Waals surface area contributed by atoms with E-state index in [9.17, 15) is 4.39 Å². The summed E-state index contributed by atoms with van der Waals surface area (Å²) < 4.78 is 21.8. The normalized spacial score (nSPS) is 20.5. The van der Waals surface area contributed by atoms with Crippen LogP contribution in [0.1, 0.15) is 19.3 Å². The van der Waals surface area contributed by atoms with Crippen LogP contribution in [0, 0.1) is 11.2 Å². The Morgan fingerprint density at radius 1 is 1.20 bits per heavy atom. The van der Waals surface area contributed by atoms with Crippen molar-refractivity contribution in [1.82, 2.24) is 9.29 Å². The van der Waals surface area contributed by atoms with Gasteiger partial charge >= 0.3 is 0 Å². The summed E-state index contributed by atoms with van der Waals surface area (Å²) in [5.41, 5.74) is 2.34. The van der Waals surface area contributed by atoms with Gasteiger partial charge < -0.3 is 9.64 Å². The van der Waals surface area contributed by atoms with Gasteiger partial charge in [0.05, 0.1) is 12.6 Å². The molecule has 2 aliphatic heterocycles. The van der Waals surface area contributed by atoms with Gasteiger partial charge in [0.25, 0.3) is 0 Å². The van der Waals surface area contributed by atoms with Crippen molar-refractivity contribution in [3.8, 4) is 5.75 Å². The highest BCUT2D eigenvalue weighted by molar-refractivity contribution is 7.96. The first-order chi connectivity index (χ1) is 12.1. The Labute approximate surface area is 152 Å². The minimum Gasteiger partial charge on any atom is -0.494 e. The van der Waals surface area contributed by atoms with Gasteiger partial charge in [-0.05, 0) is 43.1 Å². The molecule has 4 nitrogen and oxygen atoms in total. The summed E-state index contributed by atoms with van der Waals surface area (Å²) in [5.74, 6) is -0.0815. The van der Waals surface area contributed by atoms with E-state index in [-0.39, 0.29) is 11.6 Å². The van der Waals surface area contributed by atoms with Crippen LogP contribution in [0.15, 0.2) is 24.4 Å². The number of piperidine rings is 1. The molecule has 2 fully saturated rings. The number of fused-ring (bicyclic) bond motifs is 1. The van der Waals surface area contributed by atoms with E-state index >= 15 is 0 Å². The third-order valence-corrected chi connectivity index (χ3v) is 6.65. The second-order valence-electron chi connectivity index (χ2n) is 7.12. The van der Waals surface area contributed by atoms with Crippen molar-refractivity contribution >= 4 is 28.5 Å². The number of hydrogen-bond donors (Lipinski definition) is 0. The molecule has 0 saturated carbocycles. The van der Waals surface area contributed by atoms with Crippen LogP contribution in [-0.4, -0.2) is 48.8 Å². The molecule has 6 heteroatoms. The van der Waals surface area contributed by atoms with E-state index in [0.29, 0.717) is 5.41 Å². The first-order valence-electron chi connectivity index (χ1n) is 8.80. The van der Waals surface area contributed by atoms with Gasteiger partial charge in [-0.15, -0.1) is 0 Å². The van der Waals surface area contributed by atoms with E-state index in [0.717, 1.165) is 29.7 Å². The summed E-state index contributed by atoms with van der Waals surface area (Å²) in [6, 6.07) is 5.26. The van der Waals surface area contributed by atoms with Gasteiger partial charge in [0.1, 0.15) is 0 Å². The number of halogens is 1. The summed E-state index contributed by atoms with van der Waals surface area (Å²) in [6.45, 7) is 4.44. The molecule has 0 amide bonds. The van der Waals surface area contributed by atoms with Gasteiger partial charge in [-0.25, -0.2) is 4.39 Å². The maximum Gasteiger partial charge on any atom is 0.165 e. The third kappa shape index (κ3) is 3.06. The lowest BCUT2D eigenvalue weighted by Gasteiger charge is -2.40. The minimum atomic E-state index is -0.330. The predicted octanol–water partition coefficient (Wildman–Crippen LogP) is 3.95. The number of ether oxygens (including phenoxy) is 1. The zero-order valence-electron chi connectivity index (χ0n) is 14.8. The topological polar surface area (TPSA) is 28.6 Å². The van der Waals surface area contributed by atoms with Crippen molar-refractivity contribution in [1.29, 1.82) is 0 Å². The summed E-state index contributed by atoms with van der Waals surface area (Å²) in [6.07, 6.45) is 7.67. The van der Waals surface area contributed by atoms with Crippen LogP contribution in [-0.2, 0) is 0 Å². The number of aromatic nitrogens is 1. The van der Waals surface area contributed by atoms with E-state index in [2.05, 4.69) is 20.4 Å². The van der Waals surface area contributed by atoms with Crippen molar-refractivity contribution in [3.05, 3.63) is 30.2 Å². The summed E-state index contributed by atoms with van der Waals surface area (Å²) in [5, 5.41) is 0.869. The fourth-order valence-electron chi connectivity index (χ4n) is 4.24. The van der Waals surface area contributed by atoms with E-state index in [1.54, 1.807) is 12.1 Å². The molecule has 1 aromatic heterocycles. The Hall–Kier alpha value is -1.53. The summed E-state index contributed by atoms with van der Waals surface area (Å²) >= 11 is 1.86. The summed E-state index contributed by atoms with van der Waals surface area (Å²) in [4.78, 5) is 6.79. The fourth-order valence-corrected chi connectivity index (χ4v) is 4.92. The average Bonchev–Trinajstić information content (AvgIpc) is 3.04. The van der Waals surface area contributed by atoms with Gasteiger partial charge in [-0.2, -0.15) is 0 Å². The van der Waals surface area contributed by atoms with Crippen LogP contribution >= 0.6 is 11.9 Å². The van der Waals surface area contributed by atoms with Crippen molar-refractivity contribution < 1.29 is 9.13 Å². The van der Waals surface area contributed by atoms with Crippen LogP contribution in [0.4, 0.5) is 10.1 Å². The highest BCUT2D eigenvalue weighted by atomic mass is 32.2. The standard InChI is InChI=1S/C19H24FN3OS/c1-24-18-12-16-14(11-15(18)20)17(3-7-21-16)22-8-4-19(5-9-22)6-10-23(13-19)25-2/h3,7,11-12H,4-6,8-10,13H2,1-2H3. The molecule has 1 aromatic carbocycles. The Bertz CT molecular complexity index is 777. The molecule has 25 heavy (non-hydrogen) atoms. The number of methoxy groups -OCH3 is 1. The molecule has 0 atom stereocenters. The number of anilines is 1. The number of pyridine rings is 1. The largest absolute Gasteiger partial charge is 0.494 e. The van der Waals surface area contributed by atoms with Crippen molar-refractivity contribution in [2.75, 3.05) is 44.4 Å². The Balaban J connectivity index is 1.58. The quantitative estimate of drug-likeness (QED) is 0.772. The van der Waals surface area contributed by atoms with E-state index < -0.39 is 0 Å².